The Bertz CT molecular complexity index is 104. The SMILES string of the molecule is C=C(CC(C)OCO)NC. The molecular formula is C7H15NO2. The number of hydrogen-bond donors (Lipinski definition) is 2. The molecule has 0 aromatic carbocycles. The lowest BCUT2D eigenvalue weighted by Crippen LogP contribution is -2.15. The van der Waals surface area contributed by atoms with Crippen LogP contribution < -0.4 is 5.32 Å². The number of nitrogens with one attached hydrogen (secondary N) is 1. The van der Waals surface area contributed by atoms with Crippen molar-refractivity contribution in [2.75, 3.05) is 13.8 Å². The average molecular weight is 145 g/mol. The number of aliphatic hydroxyl groups excluding tert-OH is 1. The van der Waals surface area contributed by atoms with Crippen molar-refractivity contribution in [2.24, 2.45) is 0 Å². The second-order valence-corrected chi connectivity index (χ2v) is 2.16. The minimum atomic E-state index is -0.224. The molecule has 0 heterocycles. The van der Waals surface area contributed by atoms with Gasteiger partial charge in [0, 0.05) is 19.2 Å². The fourth-order valence-corrected chi connectivity index (χ4v) is 0.635. The first-order chi connectivity index (χ1) is 4.70. The van der Waals surface area contributed by atoms with Crippen LogP contribution in [0.1, 0.15) is 13.3 Å². The van der Waals surface area contributed by atoms with Gasteiger partial charge in [0.1, 0.15) is 6.79 Å². The average Bonchev–Trinajstić information content (AvgIpc) is 1.88. The van der Waals surface area contributed by atoms with Crippen LogP contribution in [0.15, 0.2) is 12.3 Å². The summed E-state index contributed by atoms with van der Waals surface area (Å²) >= 11 is 0. The van der Waals surface area contributed by atoms with Crippen LogP contribution >= 0.6 is 0 Å². The summed E-state index contributed by atoms with van der Waals surface area (Å²) in [6.45, 7) is 5.39. The quantitative estimate of drug-likeness (QED) is 0.552. The third kappa shape index (κ3) is 4.35. The van der Waals surface area contributed by atoms with Crippen molar-refractivity contribution in [3.8, 4) is 0 Å². The highest BCUT2D eigenvalue weighted by molar-refractivity contribution is 4.90. The monoisotopic (exact) mass is 145 g/mol. The van der Waals surface area contributed by atoms with Crippen LogP contribution in [-0.2, 0) is 4.74 Å². The molecule has 0 saturated heterocycles. The summed E-state index contributed by atoms with van der Waals surface area (Å²) in [6, 6.07) is 0. The van der Waals surface area contributed by atoms with Gasteiger partial charge in [-0.1, -0.05) is 6.58 Å². The van der Waals surface area contributed by atoms with E-state index in [1.165, 1.54) is 0 Å². The normalized spacial score (nSPS) is 12.7. The lowest BCUT2D eigenvalue weighted by molar-refractivity contribution is -0.0420. The van der Waals surface area contributed by atoms with Gasteiger partial charge in [0.05, 0.1) is 6.10 Å². The molecule has 3 nitrogen and oxygen atoms in total. The van der Waals surface area contributed by atoms with E-state index in [0.717, 1.165) is 12.1 Å². The fraction of sp³-hybridized carbons (Fsp3) is 0.714. The van der Waals surface area contributed by atoms with Gasteiger partial charge in [-0.05, 0) is 6.92 Å². The first-order valence-corrected chi connectivity index (χ1v) is 3.28. The van der Waals surface area contributed by atoms with Gasteiger partial charge < -0.3 is 15.2 Å². The molecule has 0 amide bonds. The van der Waals surface area contributed by atoms with E-state index in [1.807, 2.05) is 14.0 Å². The molecule has 0 spiro atoms. The minimum Gasteiger partial charge on any atom is -0.392 e. The summed E-state index contributed by atoms with van der Waals surface area (Å²) in [5.41, 5.74) is 0.918. The smallest absolute Gasteiger partial charge is 0.143 e. The molecule has 0 rings (SSSR count). The molecule has 0 aromatic heterocycles. The van der Waals surface area contributed by atoms with Gasteiger partial charge in [-0.3, -0.25) is 0 Å². The van der Waals surface area contributed by atoms with Gasteiger partial charge in [-0.15, -0.1) is 0 Å². The Balaban J connectivity index is 3.37. The van der Waals surface area contributed by atoms with E-state index < -0.39 is 0 Å². The van der Waals surface area contributed by atoms with Crippen LogP contribution in [0.4, 0.5) is 0 Å². The molecule has 3 heteroatoms. The highest BCUT2D eigenvalue weighted by Crippen LogP contribution is 2.01. The molecule has 0 aromatic rings. The summed E-state index contributed by atoms with van der Waals surface area (Å²) in [7, 11) is 1.81. The highest BCUT2D eigenvalue weighted by atomic mass is 16.6. The third-order valence-corrected chi connectivity index (χ3v) is 1.25. The molecule has 0 saturated carbocycles. The molecule has 0 aliphatic carbocycles. The largest absolute Gasteiger partial charge is 0.392 e. The highest BCUT2D eigenvalue weighted by Gasteiger charge is 2.01. The zero-order chi connectivity index (χ0) is 7.98. The predicted octanol–water partition coefficient (Wildman–Crippen LogP) is 0.465. The second kappa shape index (κ2) is 5.26. The predicted molar refractivity (Wildman–Crippen MR) is 40.4 cm³/mol. The van der Waals surface area contributed by atoms with Crippen LogP contribution in [0.2, 0.25) is 0 Å². The van der Waals surface area contributed by atoms with Gasteiger partial charge in [0.25, 0.3) is 0 Å². The lowest BCUT2D eigenvalue weighted by atomic mass is 10.2. The Hall–Kier alpha value is -0.540. The van der Waals surface area contributed by atoms with Crippen LogP contribution in [0, 0.1) is 0 Å². The van der Waals surface area contributed by atoms with Gasteiger partial charge in [-0.25, -0.2) is 0 Å². The Labute approximate surface area is 61.7 Å². The fourth-order valence-electron chi connectivity index (χ4n) is 0.635. The van der Waals surface area contributed by atoms with E-state index in [9.17, 15) is 0 Å². The molecule has 60 valence electrons. The summed E-state index contributed by atoms with van der Waals surface area (Å²) < 4.78 is 4.87. The number of rotatable bonds is 5. The summed E-state index contributed by atoms with van der Waals surface area (Å²) in [4.78, 5) is 0. The summed E-state index contributed by atoms with van der Waals surface area (Å²) in [5.74, 6) is 0. The summed E-state index contributed by atoms with van der Waals surface area (Å²) in [6.07, 6.45) is 0.766. The molecule has 0 aliphatic heterocycles. The summed E-state index contributed by atoms with van der Waals surface area (Å²) in [5, 5.41) is 11.2. The minimum absolute atomic E-state index is 0.0324. The van der Waals surface area contributed by atoms with E-state index in [2.05, 4.69) is 11.9 Å². The maximum Gasteiger partial charge on any atom is 0.143 e. The van der Waals surface area contributed by atoms with Crippen molar-refractivity contribution in [3.05, 3.63) is 12.3 Å². The maximum atomic E-state index is 8.35. The molecule has 0 bridgehead atoms. The molecule has 0 radical (unpaired) electrons. The molecule has 0 aliphatic rings. The van der Waals surface area contributed by atoms with Crippen LogP contribution in [0.3, 0.4) is 0 Å². The molecule has 10 heavy (non-hydrogen) atoms. The van der Waals surface area contributed by atoms with Crippen LogP contribution in [0.5, 0.6) is 0 Å². The maximum absolute atomic E-state index is 8.35. The van der Waals surface area contributed by atoms with Crippen molar-refractivity contribution < 1.29 is 9.84 Å². The van der Waals surface area contributed by atoms with Gasteiger partial charge in [-0.2, -0.15) is 0 Å². The standard InChI is InChI=1S/C7H15NO2/c1-6(8-3)4-7(2)10-5-9/h7-9H,1,4-5H2,2-3H3. The van der Waals surface area contributed by atoms with Crippen molar-refractivity contribution in [3.63, 3.8) is 0 Å². The molecule has 1 unspecified atom stereocenters. The first-order valence-electron chi connectivity index (χ1n) is 3.28. The van der Waals surface area contributed by atoms with E-state index >= 15 is 0 Å². The second-order valence-electron chi connectivity index (χ2n) is 2.16. The Morgan fingerprint density at radius 1 is 1.80 bits per heavy atom. The number of hydrogen-bond acceptors (Lipinski definition) is 3. The number of ether oxygens (including phenoxy) is 1. The van der Waals surface area contributed by atoms with Crippen LogP contribution in [0.25, 0.3) is 0 Å². The Kier molecular flexibility index (Phi) is 4.98. The van der Waals surface area contributed by atoms with Gasteiger partial charge in [0.2, 0.25) is 0 Å². The van der Waals surface area contributed by atoms with Crippen molar-refractivity contribution in [2.45, 2.75) is 19.4 Å². The topological polar surface area (TPSA) is 41.5 Å². The zero-order valence-electron chi connectivity index (χ0n) is 6.55. The van der Waals surface area contributed by atoms with E-state index in [1.54, 1.807) is 0 Å². The Morgan fingerprint density at radius 2 is 2.40 bits per heavy atom. The lowest BCUT2D eigenvalue weighted by Gasteiger charge is -2.11. The van der Waals surface area contributed by atoms with E-state index in [-0.39, 0.29) is 12.9 Å². The van der Waals surface area contributed by atoms with Crippen molar-refractivity contribution in [1.82, 2.24) is 5.32 Å². The van der Waals surface area contributed by atoms with Crippen LogP contribution in [-0.4, -0.2) is 25.1 Å². The van der Waals surface area contributed by atoms with Gasteiger partial charge >= 0.3 is 0 Å². The van der Waals surface area contributed by atoms with E-state index in [0.29, 0.717) is 0 Å². The molecule has 1 atom stereocenters. The van der Waals surface area contributed by atoms with Gasteiger partial charge in [0.15, 0.2) is 0 Å². The number of aliphatic hydroxyl groups is 1. The third-order valence-electron chi connectivity index (χ3n) is 1.25. The van der Waals surface area contributed by atoms with E-state index in [4.69, 9.17) is 9.84 Å². The Morgan fingerprint density at radius 3 is 2.80 bits per heavy atom. The van der Waals surface area contributed by atoms with Crippen molar-refractivity contribution in [1.29, 1.82) is 0 Å². The molecule has 2 N–H and O–H groups in total. The molecular weight excluding hydrogens is 130 g/mol. The first kappa shape index (κ1) is 9.46. The molecule has 0 fully saturated rings. The zero-order valence-corrected chi connectivity index (χ0v) is 6.55. The van der Waals surface area contributed by atoms with Crippen molar-refractivity contribution >= 4 is 0 Å².